The van der Waals surface area contributed by atoms with Gasteiger partial charge in [-0.3, -0.25) is 14.6 Å². The number of aromatic nitrogens is 2. The highest BCUT2D eigenvalue weighted by Crippen LogP contribution is 2.16. The zero-order chi connectivity index (χ0) is 18.4. The van der Waals surface area contributed by atoms with E-state index in [0.717, 1.165) is 11.3 Å². The van der Waals surface area contributed by atoms with Crippen LogP contribution in [0.25, 0.3) is 0 Å². The highest BCUT2D eigenvalue weighted by atomic mass is 35.5. The Morgan fingerprint density at radius 3 is 2.73 bits per heavy atom. The summed E-state index contributed by atoms with van der Waals surface area (Å²) in [7, 11) is 0. The number of benzene rings is 1. The van der Waals surface area contributed by atoms with Crippen molar-refractivity contribution in [3.8, 4) is 5.75 Å². The van der Waals surface area contributed by atoms with Crippen molar-refractivity contribution in [1.29, 1.82) is 0 Å². The monoisotopic (exact) mass is 369 g/mol. The summed E-state index contributed by atoms with van der Waals surface area (Å²) in [4.78, 5) is 31.2. The van der Waals surface area contributed by atoms with Crippen molar-refractivity contribution in [1.82, 2.24) is 15.3 Å². The van der Waals surface area contributed by atoms with Crippen LogP contribution in [0.4, 0.5) is 0 Å². The summed E-state index contributed by atoms with van der Waals surface area (Å²) in [5.74, 6) is -0.281. The Morgan fingerprint density at radius 1 is 1.19 bits per heavy atom. The van der Waals surface area contributed by atoms with Gasteiger partial charge in [0.15, 0.2) is 5.75 Å². The van der Waals surface area contributed by atoms with E-state index in [4.69, 9.17) is 16.3 Å². The van der Waals surface area contributed by atoms with Gasteiger partial charge in [0.1, 0.15) is 12.3 Å². The van der Waals surface area contributed by atoms with Crippen LogP contribution < -0.4 is 15.5 Å². The molecule has 1 amide bonds. The van der Waals surface area contributed by atoms with E-state index in [1.165, 1.54) is 12.3 Å². The fourth-order valence-corrected chi connectivity index (χ4v) is 2.43. The average molecular weight is 370 g/mol. The van der Waals surface area contributed by atoms with Gasteiger partial charge in [-0.1, -0.05) is 35.9 Å². The van der Waals surface area contributed by atoms with Crippen molar-refractivity contribution in [3.05, 3.63) is 93.1 Å². The van der Waals surface area contributed by atoms with Crippen LogP contribution >= 0.6 is 11.6 Å². The molecule has 0 aliphatic carbocycles. The molecule has 2 aromatic heterocycles. The first kappa shape index (κ1) is 17.7. The minimum absolute atomic E-state index is 0.117. The molecule has 1 aromatic carbocycles. The van der Waals surface area contributed by atoms with Crippen LogP contribution in [-0.2, 0) is 13.2 Å². The normalized spacial score (nSPS) is 10.3. The van der Waals surface area contributed by atoms with Crippen LogP contribution in [0.5, 0.6) is 5.75 Å². The Balaban J connectivity index is 1.62. The molecule has 3 aromatic rings. The van der Waals surface area contributed by atoms with Gasteiger partial charge in [0.25, 0.3) is 5.91 Å². The van der Waals surface area contributed by atoms with Crippen LogP contribution in [0, 0.1) is 0 Å². The van der Waals surface area contributed by atoms with E-state index >= 15 is 0 Å². The first-order valence-electron chi connectivity index (χ1n) is 7.90. The van der Waals surface area contributed by atoms with E-state index in [1.54, 1.807) is 24.4 Å². The van der Waals surface area contributed by atoms with Crippen molar-refractivity contribution < 1.29 is 9.53 Å². The third-order valence-electron chi connectivity index (χ3n) is 3.62. The van der Waals surface area contributed by atoms with Crippen LogP contribution in [0.3, 0.4) is 0 Å². The van der Waals surface area contributed by atoms with E-state index in [9.17, 15) is 9.59 Å². The summed E-state index contributed by atoms with van der Waals surface area (Å²) >= 11 is 6.06. The van der Waals surface area contributed by atoms with Crippen LogP contribution in [0.1, 0.15) is 21.7 Å². The summed E-state index contributed by atoms with van der Waals surface area (Å²) in [6.07, 6.45) is 3.02. The summed E-state index contributed by atoms with van der Waals surface area (Å²) in [5.41, 5.74) is 1.25. The van der Waals surface area contributed by atoms with Gasteiger partial charge in [-0.15, -0.1) is 0 Å². The van der Waals surface area contributed by atoms with Crippen molar-refractivity contribution in [2.45, 2.75) is 13.2 Å². The van der Waals surface area contributed by atoms with Gasteiger partial charge in [0.05, 0.1) is 12.2 Å². The van der Waals surface area contributed by atoms with Crippen molar-refractivity contribution in [2.24, 2.45) is 0 Å². The standard InChI is InChI=1S/C19H16ClN3O3/c20-15-7-2-1-5-13(15)12-26-18-11-22-16(9-17(18)24)19(25)23-10-14-6-3-4-8-21-14/h1-9,11H,10,12H2,(H,22,24)(H,23,25). The summed E-state index contributed by atoms with van der Waals surface area (Å²) < 4.78 is 5.50. The first-order chi connectivity index (χ1) is 12.6. The quantitative estimate of drug-likeness (QED) is 0.699. The molecule has 2 heterocycles. The molecule has 0 atom stereocenters. The maximum atomic E-state index is 12.2. The molecule has 6 nitrogen and oxygen atoms in total. The average Bonchev–Trinajstić information content (AvgIpc) is 2.67. The van der Waals surface area contributed by atoms with E-state index in [0.29, 0.717) is 5.02 Å². The number of rotatable bonds is 6. The third-order valence-corrected chi connectivity index (χ3v) is 3.99. The predicted octanol–water partition coefficient (Wildman–Crippen LogP) is 2.93. The minimum atomic E-state index is -0.398. The lowest BCUT2D eigenvalue weighted by atomic mass is 10.2. The molecule has 0 bridgehead atoms. The lowest BCUT2D eigenvalue weighted by Crippen LogP contribution is -2.25. The number of hydrogen-bond acceptors (Lipinski definition) is 4. The summed E-state index contributed by atoms with van der Waals surface area (Å²) in [5, 5.41) is 3.26. The molecular formula is C19H16ClN3O3. The van der Waals surface area contributed by atoms with E-state index in [1.807, 2.05) is 24.3 Å². The molecule has 0 fully saturated rings. The SMILES string of the molecule is O=C(NCc1ccccn1)c1cc(=O)c(OCc2ccccc2Cl)c[nH]1. The molecule has 0 aliphatic rings. The molecule has 3 rings (SSSR count). The fraction of sp³-hybridized carbons (Fsp3) is 0.105. The van der Waals surface area contributed by atoms with E-state index in [-0.39, 0.29) is 24.6 Å². The van der Waals surface area contributed by atoms with Gasteiger partial charge in [-0.05, 0) is 18.2 Å². The molecule has 0 radical (unpaired) electrons. The number of ether oxygens (including phenoxy) is 1. The number of carbonyl (C=O) groups excluding carboxylic acids is 1. The number of H-pyrrole nitrogens is 1. The first-order valence-corrected chi connectivity index (χ1v) is 8.28. The maximum Gasteiger partial charge on any atom is 0.268 e. The largest absolute Gasteiger partial charge is 0.483 e. The number of carbonyl (C=O) groups is 1. The smallest absolute Gasteiger partial charge is 0.268 e. The van der Waals surface area contributed by atoms with Gasteiger partial charge < -0.3 is 15.0 Å². The van der Waals surface area contributed by atoms with Gasteiger partial charge in [0, 0.05) is 29.0 Å². The molecule has 7 heteroatoms. The number of pyridine rings is 2. The fourth-order valence-electron chi connectivity index (χ4n) is 2.24. The Morgan fingerprint density at radius 2 is 2.00 bits per heavy atom. The molecule has 0 saturated carbocycles. The number of amides is 1. The molecule has 26 heavy (non-hydrogen) atoms. The highest BCUT2D eigenvalue weighted by Gasteiger charge is 2.10. The lowest BCUT2D eigenvalue weighted by Gasteiger charge is -2.08. The van der Waals surface area contributed by atoms with Gasteiger partial charge in [-0.2, -0.15) is 0 Å². The number of nitrogens with zero attached hydrogens (tertiary/aromatic N) is 1. The van der Waals surface area contributed by atoms with E-state index in [2.05, 4.69) is 15.3 Å². The summed E-state index contributed by atoms with van der Waals surface area (Å²) in [6.45, 7) is 0.431. The Kier molecular flexibility index (Phi) is 5.66. The number of halogens is 1. The van der Waals surface area contributed by atoms with Crippen molar-refractivity contribution >= 4 is 17.5 Å². The molecule has 0 unspecified atom stereocenters. The second-order valence-electron chi connectivity index (χ2n) is 5.46. The molecule has 0 aliphatic heterocycles. The molecule has 0 spiro atoms. The van der Waals surface area contributed by atoms with Crippen LogP contribution in [-0.4, -0.2) is 15.9 Å². The topological polar surface area (TPSA) is 84.1 Å². The molecular weight excluding hydrogens is 354 g/mol. The van der Waals surface area contributed by atoms with Gasteiger partial charge in [0.2, 0.25) is 5.43 Å². The molecule has 0 saturated heterocycles. The zero-order valence-corrected chi connectivity index (χ0v) is 14.5. The number of hydrogen-bond donors (Lipinski definition) is 2. The van der Waals surface area contributed by atoms with Crippen molar-refractivity contribution in [2.75, 3.05) is 0 Å². The van der Waals surface area contributed by atoms with E-state index < -0.39 is 11.3 Å². The summed E-state index contributed by atoms with van der Waals surface area (Å²) in [6, 6.07) is 13.9. The van der Waals surface area contributed by atoms with Crippen LogP contribution in [0.2, 0.25) is 5.02 Å². The van der Waals surface area contributed by atoms with Crippen molar-refractivity contribution in [3.63, 3.8) is 0 Å². The minimum Gasteiger partial charge on any atom is -0.483 e. The van der Waals surface area contributed by atoms with Gasteiger partial charge >= 0.3 is 0 Å². The van der Waals surface area contributed by atoms with Gasteiger partial charge in [-0.25, -0.2) is 0 Å². The number of nitrogens with one attached hydrogen (secondary N) is 2. The maximum absolute atomic E-state index is 12.2. The highest BCUT2D eigenvalue weighted by molar-refractivity contribution is 6.31. The lowest BCUT2D eigenvalue weighted by molar-refractivity contribution is 0.0945. The molecule has 2 N–H and O–H groups in total. The second-order valence-corrected chi connectivity index (χ2v) is 5.87. The third kappa shape index (κ3) is 4.49. The number of aromatic amines is 1. The molecule has 132 valence electrons. The predicted molar refractivity (Wildman–Crippen MR) is 98.3 cm³/mol. The Labute approximate surface area is 154 Å². The Hall–Kier alpha value is -3.12. The Bertz CT molecular complexity index is 957. The zero-order valence-electron chi connectivity index (χ0n) is 13.7. The second kappa shape index (κ2) is 8.31. The van der Waals surface area contributed by atoms with Crippen LogP contribution in [0.15, 0.2) is 65.7 Å².